The number of rotatable bonds is 13. The average Bonchev–Trinajstić information content (AvgIpc) is 3.47. The minimum atomic E-state index is -0.449. The molecule has 8 heteroatoms. The van der Waals surface area contributed by atoms with Crippen molar-refractivity contribution in [3.05, 3.63) is 90.2 Å². The van der Waals surface area contributed by atoms with E-state index in [1.165, 1.54) is 12.1 Å². The van der Waals surface area contributed by atoms with Crippen LogP contribution in [0.15, 0.2) is 78.9 Å². The largest absolute Gasteiger partial charge is 0.367 e. The zero-order valence-corrected chi connectivity index (χ0v) is 22.6. The first-order chi connectivity index (χ1) is 19.5. The highest BCUT2D eigenvalue weighted by Gasteiger charge is 2.33. The second-order valence-electron chi connectivity index (χ2n) is 9.96. The van der Waals surface area contributed by atoms with E-state index in [9.17, 15) is 18.8 Å². The Kier molecular flexibility index (Phi) is 10.8. The van der Waals surface area contributed by atoms with E-state index in [-0.39, 0.29) is 36.8 Å². The van der Waals surface area contributed by atoms with Crippen molar-refractivity contribution in [2.75, 3.05) is 25.0 Å². The van der Waals surface area contributed by atoms with Crippen LogP contribution in [0, 0.1) is 5.82 Å². The number of anilines is 1. The standard InChI is InChI=1S/C32H36FN3O4/c33-27-16-12-24(13-17-27)22-40-23-30(37)34-20-6-2-5-11-31(38)36-21-7-10-29(36)32(39)35-28-18-14-26(15-19-28)25-8-3-1-4-9-25/h1,3-4,8-9,12-19,29H,2,5-7,10-11,20-23H2,(H,34,37)(H,35,39). The maximum Gasteiger partial charge on any atom is 0.247 e. The van der Waals surface area contributed by atoms with Gasteiger partial charge >= 0.3 is 0 Å². The van der Waals surface area contributed by atoms with Crippen molar-refractivity contribution >= 4 is 23.4 Å². The predicted octanol–water partition coefficient (Wildman–Crippen LogP) is 5.32. The molecule has 0 aliphatic carbocycles. The van der Waals surface area contributed by atoms with Crippen LogP contribution in [0.1, 0.15) is 44.1 Å². The van der Waals surface area contributed by atoms with E-state index in [0.717, 1.165) is 36.0 Å². The van der Waals surface area contributed by atoms with Gasteiger partial charge in [-0.05, 0) is 66.6 Å². The van der Waals surface area contributed by atoms with Crippen molar-refractivity contribution in [1.82, 2.24) is 10.2 Å². The van der Waals surface area contributed by atoms with Gasteiger partial charge in [-0.3, -0.25) is 14.4 Å². The Bertz CT molecular complexity index is 1250. The Labute approximate surface area is 234 Å². The third kappa shape index (κ3) is 8.74. The van der Waals surface area contributed by atoms with E-state index < -0.39 is 6.04 Å². The zero-order chi connectivity index (χ0) is 28.2. The molecule has 3 aromatic carbocycles. The van der Waals surface area contributed by atoms with Gasteiger partial charge in [-0.15, -0.1) is 0 Å². The van der Waals surface area contributed by atoms with Crippen LogP contribution in [0.25, 0.3) is 11.1 Å². The molecule has 0 bridgehead atoms. The van der Waals surface area contributed by atoms with Crippen molar-refractivity contribution in [1.29, 1.82) is 0 Å². The number of hydrogen-bond acceptors (Lipinski definition) is 4. The Balaban J connectivity index is 1.10. The van der Waals surface area contributed by atoms with Crippen LogP contribution in [0.4, 0.5) is 10.1 Å². The fraction of sp³-hybridized carbons (Fsp3) is 0.344. The van der Waals surface area contributed by atoms with Crippen LogP contribution in [-0.4, -0.2) is 48.4 Å². The number of nitrogens with zero attached hydrogens (tertiary/aromatic N) is 1. The topological polar surface area (TPSA) is 87.7 Å². The first kappa shape index (κ1) is 29.0. The number of unbranched alkanes of at least 4 members (excludes halogenated alkanes) is 2. The van der Waals surface area contributed by atoms with Crippen LogP contribution in [-0.2, 0) is 25.7 Å². The zero-order valence-electron chi connectivity index (χ0n) is 22.6. The summed E-state index contributed by atoms with van der Waals surface area (Å²) in [6.45, 7) is 1.28. The first-order valence-electron chi connectivity index (χ1n) is 13.8. The Morgan fingerprint density at radius 3 is 2.35 bits per heavy atom. The third-order valence-corrected chi connectivity index (χ3v) is 6.94. The molecule has 1 heterocycles. The SMILES string of the molecule is O=C(COCc1ccc(F)cc1)NCCCCCC(=O)N1CCCC1C(=O)Nc1ccc(-c2ccccc2)cc1. The Morgan fingerprint density at radius 2 is 1.60 bits per heavy atom. The lowest BCUT2D eigenvalue weighted by Gasteiger charge is -2.24. The number of likely N-dealkylation sites (tertiary alicyclic amines) is 1. The fourth-order valence-corrected chi connectivity index (χ4v) is 4.78. The molecule has 3 amide bonds. The summed E-state index contributed by atoms with van der Waals surface area (Å²) in [5.41, 5.74) is 3.70. The molecule has 2 N–H and O–H groups in total. The second-order valence-corrected chi connectivity index (χ2v) is 9.96. The molecule has 4 rings (SSSR count). The molecular weight excluding hydrogens is 509 g/mol. The molecule has 1 saturated heterocycles. The van der Waals surface area contributed by atoms with E-state index in [4.69, 9.17) is 4.74 Å². The number of halogens is 1. The summed E-state index contributed by atoms with van der Waals surface area (Å²) >= 11 is 0. The summed E-state index contributed by atoms with van der Waals surface area (Å²) in [4.78, 5) is 39.4. The van der Waals surface area contributed by atoms with Crippen LogP contribution in [0.5, 0.6) is 0 Å². The summed E-state index contributed by atoms with van der Waals surface area (Å²) in [6, 6.07) is 23.3. The van der Waals surface area contributed by atoms with Gasteiger partial charge in [0.2, 0.25) is 17.7 Å². The lowest BCUT2D eigenvalue weighted by molar-refractivity contribution is -0.136. The highest BCUT2D eigenvalue weighted by Crippen LogP contribution is 2.23. The summed E-state index contributed by atoms with van der Waals surface area (Å²) in [7, 11) is 0. The molecule has 0 radical (unpaired) electrons. The van der Waals surface area contributed by atoms with E-state index in [1.54, 1.807) is 17.0 Å². The molecular formula is C32H36FN3O4. The summed E-state index contributed by atoms with van der Waals surface area (Å²) < 4.78 is 18.3. The van der Waals surface area contributed by atoms with Crippen LogP contribution in [0.3, 0.4) is 0 Å². The molecule has 1 fully saturated rings. The molecule has 1 unspecified atom stereocenters. The maximum absolute atomic E-state index is 13.0. The molecule has 40 heavy (non-hydrogen) atoms. The van der Waals surface area contributed by atoms with Gasteiger partial charge in [0, 0.05) is 25.2 Å². The van der Waals surface area contributed by atoms with Crippen molar-refractivity contribution in [3.8, 4) is 11.1 Å². The molecule has 3 aromatic rings. The quantitative estimate of drug-likeness (QED) is 0.285. The van der Waals surface area contributed by atoms with E-state index in [1.807, 2.05) is 54.6 Å². The monoisotopic (exact) mass is 545 g/mol. The summed E-state index contributed by atoms with van der Waals surface area (Å²) in [5.74, 6) is -0.674. The number of carbonyl (C=O) groups is 3. The highest BCUT2D eigenvalue weighted by molar-refractivity contribution is 5.97. The molecule has 0 spiro atoms. The van der Waals surface area contributed by atoms with Crippen molar-refractivity contribution in [2.45, 2.75) is 51.2 Å². The molecule has 7 nitrogen and oxygen atoms in total. The number of hydrogen-bond donors (Lipinski definition) is 2. The Morgan fingerprint density at radius 1 is 0.875 bits per heavy atom. The number of benzene rings is 3. The van der Waals surface area contributed by atoms with Crippen LogP contribution >= 0.6 is 0 Å². The highest BCUT2D eigenvalue weighted by atomic mass is 19.1. The minimum absolute atomic E-state index is 0.00435. The molecule has 1 aliphatic rings. The fourth-order valence-electron chi connectivity index (χ4n) is 4.78. The van der Waals surface area contributed by atoms with Gasteiger partial charge in [0.15, 0.2) is 0 Å². The minimum Gasteiger partial charge on any atom is -0.367 e. The number of ether oxygens (including phenoxy) is 1. The Hall–Kier alpha value is -4.04. The van der Waals surface area contributed by atoms with E-state index in [0.29, 0.717) is 38.0 Å². The average molecular weight is 546 g/mol. The van der Waals surface area contributed by atoms with Crippen molar-refractivity contribution < 1.29 is 23.5 Å². The molecule has 1 aliphatic heterocycles. The van der Waals surface area contributed by atoms with Gasteiger partial charge in [0.1, 0.15) is 18.5 Å². The van der Waals surface area contributed by atoms with Gasteiger partial charge in [0.25, 0.3) is 0 Å². The predicted molar refractivity (Wildman–Crippen MR) is 153 cm³/mol. The third-order valence-electron chi connectivity index (χ3n) is 6.94. The van der Waals surface area contributed by atoms with Gasteiger partial charge in [-0.2, -0.15) is 0 Å². The number of amides is 3. The smallest absolute Gasteiger partial charge is 0.247 e. The molecule has 210 valence electrons. The van der Waals surface area contributed by atoms with Gasteiger partial charge in [-0.25, -0.2) is 4.39 Å². The van der Waals surface area contributed by atoms with Gasteiger partial charge in [0.05, 0.1) is 6.61 Å². The van der Waals surface area contributed by atoms with E-state index >= 15 is 0 Å². The van der Waals surface area contributed by atoms with Crippen LogP contribution < -0.4 is 10.6 Å². The number of nitrogens with one attached hydrogen (secondary N) is 2. The first-order valence-corrected chi connectivity index (χ1v) is 13.8. The van der Waals surface area contributed by atoms with Gasteiger partial charge in [-0.1, -0.05) is 61.0 Å². The second kappa shape index (κ2) is 14.9. The van der Waals surface area contributed by atoms with Gasteiger partial charge < -0.3 is 20.3 Å². The van der Waals surface area contributed by atoms with E-state index in [2.05, 4.69) is 10.6 Å². The molecule has 1 atom stereocenters. The molecule has 0 saturated carbocycles. The maximum atomic E-state index is 13.0. The summed E-state index contributed by atoms with van der Waals surface area (Å²) in [6.07, 6.45) is 4.09. The normalized spacial score (nSPS) is 14.6. The summed E-state index contributed by atoms with van der Waals surface area (Å²) in [5, 5.41) is 5.78. The van der Waals surface area contributed by atoms with Crippen molar-refractivity contribution in [2.24, 2.45) is 0 Å². The molecule has 0 aromatic heterocycles. The number of carbonyl (C=O) groups excluding carboxylic acids is 3. The van der Waals surface area contributed by atoms with Crippen molar-refractivity contribution in [3.63, 3.8) is 0 Å². The lowest BCUT2D eigenvalue weighted by atomic mass is 10.1. The van der Waals surface area contributed by atoms with Crippen LogP contribution in [0.2, 0.25) is 0 Å². The lowest BCUT2D eigenvalue weighted by Crippen LogP contribution is -2.43.